The Morgan fingerprint density at radius 1 is 1.28 bits per heavy atom. The Balaban J connectivity index is 1.50. The van der Waals surface area contributed by atoms with Gasteiger partial charge in [-0.15, -0.1) is 0 Å². The van der Waals surface area contributed by atoms with Crippen LogP contribution in [0.2, 0.25) is 0 Å². The normalized spacial score (nSPS) is 20.3. The molecule has 2 aromatic heterocycles. The van der Waals surface area contributed by atoms with Crippen LogP contribution < -0.4 is 0 Å². The molecule has 0 saturated carbocycles. The smallest absolute Gasteiger partial charge is 0.244 e. The summed E-state index contributed by atoms with van der Waals surface area (Å²) >= 11 is 0. The van der Waals surface area contributed by atoms with E-state index < -0.39 is 5.67 Å². The Hall–Kier alpha value is -2.76. The Morgan fingerprint density at radius 3 is 2.88 bits per heavy atom. The predicted molar refractivity (Wildman–Crippen MR) is 92.7 cm³/mol. The van der Waals surface area contributed by atoms with Gasteiger partial charge < -0.3 is 4.90 Å². The summed E-state index contributed by atoms with van der Waals surface area (Å²) in [5, 5.41) is 5.16. The third-order valence-electron chi connectivity index (χ3n) is 4.76. The molecule has 3 heterocycles. The molecule has 1 amide bonds. The predicted octanol–water partition coefficient (Wildman–Crippen LogP) is 2.84. The molecule has 0 N–H and O–H groups in total. The lowest BCUT2D eigenvalue weighted by Crippen LogP contribution is -2.34. The molecule has 1 atom stereocenters. The van der Waals surface area contributed by atoms with Crippen LogP contribution >= 0.6 is 0 Å². The number of amides is 1. The molecule has 0 spiro atoms. The number of fused-ring (bicyclic) bond motifs is 1. The van der Waals surface area contributed by atoms with Gasteiger partial charge in [-0.05, 0) is 24.1 Å². The monoisotopic (exact) mass is 338 g/mol. The number of likely N-dealkylation sites (tertiary alicyclic amines) is 1. The summed E-state index contributed by atoms with van der Waals surface area (Å²) in [6.07, 6.45) is 3.78. The number of carbonyl (C=O) groups excluding carboxylic acids is 1. The molecule has 3 aromatic rings. The van der Waals surface area contributed by atoms with Gasteiger partial charge in [0.25, 0.3) is 0 Å². The van der Waals surface area contributed by atoms with Gasteiger partial charge in [0.2, 0.25) is 5.91 Å². The zero-order valence-electron chi connectivity index (χ0n) is 14.0. The first-order valence-corrected chi connectivity index (χ1v) is 8.36. The number of pyridine rings is 1. The van der Waals surface area contributed by atoms with Crippen molar-refractivity contribution in [3.63, 3.8) is 0 Å². The summed E-state index contributed by atoms with van der Waals surface area (Å²) < 4.78 is 16.8. The number of aromatic nitrogens is 3. The van der Waals surface area contributed by atoms with E-state index in [9.17, 15) is 4.79 Å². The van der Waals surface area contributed by atoms with Crippen LogP contribution in [0, 0.1) is 6.92 Å². The van der Waals surface area contributed by atoms with E-state index >= 15 is 4.39 Å². The zero-order chi connectivity index (χ0) is 17.4. The summed E-state index contributed by atoms with van der Waals surface area (Å²) in [5.74, 6) is -0.136. The average Bonchev–Trinajstić information content (AvgIpc) is 3.20. The van der Waals surface area contributed by atoms with E-state index in [4.69, 9.17) is 0 Å². The maximum absolute atomic E-state index is 15.2. The standard InChI is InChI=1S/C19H19FN4O/c1-14-9-15-11-22-24(18(15)21-10-14)12-17(25)23-8-7-19(20,13-23)16-5-3-2-4-6-16/h2-6,9-11H,7-8,12-13H2,1H3. The second-order valence-corrected chi connectivity index (χ2v) is 6.62. The van der Waals surface area contributed by atoms with Crippen molar-refractivity contribution in [1.82, 2.24) is 19.7 Å². The van der Waals surface area contributed by atoms with Crippen LogP contribution in [0.3, 0.4) is 0 Å². The lowest BCUT2D eigenvalue weighted by Gasteiger charge is -2.21. The van der Waals surface area contributed by atoms with E-state index in [1.165, 1.54) is 0 Å². The first-order valence-electron chi connectivity index (χ1n) is 8.36. The van der Waals surface area contributed by atoms with Gasteiger partial charge in [0.1, 0.15) is 6.54 Å². The summed E-state index contributed by atoms with van der Waals surface area (Å²) in [6, 6.07) is 11.0. The summed E-state index contributed by atoms with van der Waals surface area (Å²) in [7, 11) is 0. The number of aryl methyl sites for hydroxylation is 1. The van der Waals surface area contributed by atoms with Crippen molar-refractivity contribution in [3.05, 3.63) is 59.9 Å². The molecule has 0 bridgehead atoms. The second kappa shape index (κ2) is 5.95. The van der Waals surface area contributed by atoms with Crippen molar-refractivity contribution in [1.29, 1.82) is 0 Å². The van der Waals surface area contributed by atoms with Crippen LogP contribution in [0.5, 0.6) is 0 Å². The van der Waals surface area contributed by atoms with E-state index in [-0.39, 0.29) is 19.0 Å². The molecule has 1 aromatic carbocycles. The summed E-state index contributed by atoms with van der Waals surface area (Å²) in [4.78, 5) is 18.5. The Kier molecular flexibility index (Phi) is 3.75. The second-order valence-electron chi connectivity index (χ2n) is 6.62. The first kappa shape index (κ1) is 15.7. The molecule has 25 heavy (non-hydrogen) atoms. The molecular weight excluding hydrogens is 319 g/mol. The van der Waals surface area contributed by atoms with Crippen LogP contribution in [-0.4, -0.2) is 38.7 Å². The minimum Gasteiger partial charge on any atom is -0.337 e. The number of alkyl halides is 1. The lowest BCUT2D eigenvalue weighted by atomic mass is 9.95. The van der Waals surface area contributed by atoms with Crippen LogP contribution in [-0.2, 0) is 17.0 Å². The highest BCUT2D eigenvalue weighted by molar-refractivity contribution is 5.80. The Morgan fingerprint density at radius 2 is 2.08 bits per heavy atom. The first-order chi connectivity index (χ1) is 12.0. The number of rotatable bonds is 3. The average molecular weight is 338 g/mol. The molecule has 0 radical (unpaired) electrons. The van der Waals surface area contributed by atoms with Gasteiger partial charge in [0.05, 0.1) is 12.7 Å². The topological polar surface area (TPSA) is 51.0 Å². The molecule has 4 rings (SSSR count). The number of nitrogens with zero attached hydrogens (tertiary/aromatic N) is 4. The third kappa shape index (κ3) is 2.88. The fraction of sp³-hybridized carbons (Fsp3) is 0.316. The quantitative estimate of drug-likeness (QED) is 0.738. The van der Waals surface area contributed by atoms with E-state index in [0.29, 0.717) is 24.2 Å². The third-order valence-corrected chi connectivity index (χ3v) is 4.76. The van der Waals surface area contributed by atoms with Crippen molar-refractivity contribution in [3.8, 4) is 0 Å². The van der Waals surface area contributed by atoms with Crippen molar-refractivity contribution in [2.45, 2.75) is 25.6 Å². The minimum atomic E-state index is -1.47. The van der Waals surface area contributed by atoms with Gasteiger partial charge in [-0.2, -0.15) is 5.10 Å². The summed E-state index contributed by atoms with van der Waals surface area (Å²) in [5.41, 5.74) is 0.876. The highest BCUT2D eigenvalue weighted by Crippen LogP contribution is 2.36. The number of carbonyl (C=O) groups is 1. The highest BCUT2D eigenvalue weighted by atomic mass is 19.1. The lowest BCUT2D eigenvalue weighted by molar-refractivity contribution is -0.131. The largest absolute Gasteiger partial charge is 0.337 e. The minimum absolute atomic E-state index is 0.0738. The zero-order valence-corrected chi connectivity index (χ0v) is 14.0. The van der Waals surface area contributed by atoms with Gasteiger partial charge in [0, 0.05) is 24.5 Å². The van der Waals surface area contributed by atoms with E-state index in [1.54, 1.807) is 34.1 Å². The molecule has 1 saturated heterocycles. The number of hydrogen-bond donors (Lipinski definition) is 0. The van der Waals surface area contributed by atoms with Crippen LogP contribution in [0.25, 0.3) is 11.0 Å². The number of halogens is 1. The number of hydrogen-bond acceptors (Lipinski definition) is 3. The molecule has 1 aliphatic heterocycles. The van der Waals surface area contributed by atoms with Gasteiger partial charge in [-0.1, -0.05) is 30.3 Å². The highest BCUT2D eigenvalue weighted by Gasteiger charge is 2.41. The van der Waals surface area contributed by atoms with E-state index in [0.717, 1.165) is 10.9 Å². The molecule has 1 unspecified atom stereocenters. The molecule has 1 aliphatic rings. The molecular formula is C19H19FN4O. The van der Waals surface area contributed by atoms with Gasteiger partial charge in [-0.3, -0.25) is 4.79 Å². The fourth-order valence-electron chi connectivity index (χ4n) is 3.38. The molecule has 0 aliphatic carbocycles. The van der Waals surface area contributed by atoms with Crippen molar-refractivity contribution >= 4 is 16.9 Å². The van der Waals surface area contributed by atoms with Crippen LogP contribution in [0.4, 0.5) is 4.39 Å². The Labute approximate surface area is 145 Å². The SMILES string of the molecule is Cc1cnc2c(cnn2CC(=O)N2CCC(F)(c3ccccc3)C2)c1. The van der Waals surface area contributed by atoms with Gasteiger partial charge in [0.15, 0.2) is 11.3 Å². The Bertz CT molecular complexity index is 924. The van der Waals surface area contributed by atoms with Crippen molar-refractivity contribution < 1.29 is 9.18 Å². The maximum atomic E-state index is 15.2. The molecule has 128 valence electrons. The maximum Gasteiger partial charge on any atom is 0.244 e. The van der Waals surface area contributed by atoms with Crippen LogP contribution in [0.1, 0.15) is 17.5 Å². The van der Waals surface area contributed by atoms with Gasteiger partial charge in [-0.25, -0.2) is 14.1 Å². The van der Waals surface area contributed by atoms with E-state index in [2.05, 4.69) is 10.1 Å². The summed E-state index contributed by atoms with van der Waals surface area (Å²) in [6.45, 7) is 2.53. The van der Waals surface area contributed by atoms with Gasteiger partial charge >= 0.3 is 0 Å². The van der Waals surface area contributed by atoms with Crippen molar-refractivity contribution in [2.75, 3.05) is 13.1 Å². The van der Waals surface area contributed by atoms with E-state index in [1.807, 2.05) is 31.2 Å². The molecule has 1 fully saturated rings. The van der Waals surface area contributed by atoms with Crippen LogP contribution in [0.15, 0.2) is 48.8 Å². The molecule has 5 nitrogen and oxygen atoms in total. The number of benzene rings is 1. The molecule has 6 heteroatoms. The van der Waals surface area contributed by atoms with Crippen molar-refractivity contribution in [2.24, 2.45) is 0 Å². The fourth-order valence-corrected chi connectivity index (χ4v) is 3.38.